The Morgan fingerprint density at radius 3 is 1.43 bits per heavy atom. The normalized spacial score (nSPS) is 15.5. The van der Waals surface area contributed by atoms with E-state index in [0.29, 0.717) is 0 Å². The number of hydrogen-bond acceptors (Lipinski definition) is 2. The van der Waals surface area contributed by atoms with Crippen molar-refractivity contribution in [1.82, 2.24) is 0 Å². The van der Waals surface area contributed by atoms with E-state index in [4.69, 9.17) is 0 Å². The van der Waals surface area contributed by atoms with Gasteiger partial charge in [-0.15, -0.1) is 25.3 Å². The first kappa shape index (κ1) is 19.7. The lowest BCUT2D eigenvalue weighted by molar-refractivity contribution is 0.443. The highest BCUT2D eigenvalue weighted by Crippen LogP contribution is 2.40. The molecule has 0 bridgehead atoms. The summed E-state index contributed by atoms with van der Waals surface area (Å²) in [5.74, 6) is 0.737. The second-order valence-corrected chi connectivity index (χ2v) is 9.21. The third-order valence-corrected chi connectivity index (χ3v) is 7.05. The maximum Gasteiger partial charge on any atom is 0.0423 e. The van der Waals surface area contributed by atoms with Crippen molar-refractivity contribution in [2.75, 3.05) is 0 Å². The number of rotatable bonds is 4. The molecule has 0 nitrogen and oxygen atoms in total. The van der Waals surface area contributed by atoms with E-state index in [1.54, 1.807) is 0 Å². The molecule has 0 radical (unpaired) electrons. The summed E-state index contributed by atoms with van der Waals surface area (Å²) in [7, 11) is 0. The molecule has 0 saturated heterocycles. The van der Waals surface area contributed by atoms with Crippen molar-refractivity contribution in [3.8, 4) is 0 Å². The van der Waals surface area contributed by atoms with Crippen LogP contribution in [0.25, 0.3) is 0 Å². The van der Waals surface area contributed by atoms with Crippen LogP contribution >= 0.6 is 25.3 Å². The van der Waals surface area contributed by atoms with Crippen LogP contribution in [-0.4, -0.2) is 0 Å². The molecule has 144 valence electrons. The smallest absolute Gasteiger partial charge is 0.0423 e. The SMILES string of the molecule is CC(c1ccc(S)cc1)(c1ccc(S)cc1)c1ccc(C2CCCCC2)cc1. The molecule has 2 heteroatoms. The Labute approximate surface area is 180 Å². The monoisotopic (exact) mass is 404 g/mol. The summed E-state index contributed by atoms with van der Waals surface area (Å²) in [5.41, 5.74) is 5.17. The second-order valence-electron chi connectivity index (χ2n) is 8.18. The molecule has 0 spiro atoms. The van der Waals surface area contributed by atoms with Crippen LogP contribution in [0.1, 0.15) is 67.2 Å². The number of thiol groups is 2. The molecule has 28 heavy (non-hydrogen) atoms. The summed E-state index contributed by atoms with van der Waals surface area (Å²) in [6.45, 7) is 2.32. The van der Waals surface area contributed by atoms with Crippen LogP contribution in [0.5, 0.6) is 0 Å². The molecule has 0 heterocycles. The molecule has 0 amide bonds. The van der Waals surface area contributed by atoms with Crippen molar-refractivity contribution in [3.63, 3.8) is 0 Å². The summed E-state index contributed by atoms with van der Waals surface area (Å²) in [4.78, 5) is 1.98. The molecule has 1 saturated carbocycles. The molecule has 0 aromatic heterocycles. The van der Waals surface area contributed by atoms with Gasteiger partial charge < -0.3 is 0 Å². The molecule has 0 aliphatic heterocycles. The molecule has 3 aromatic carbocycles. The molecule has 1 fully saturated rings. The van der Waals surface area contributed by atoms with Gasteiger partial charge in [0.1, 0.15) is 0 Å². The van der Waals surface area contributed by atoms with Crippen molar-refractivity contribution in [3.05, 3.63) is 95.1 Å². The fourth-order valence-corrected chi connectivity index (χ4v) is 4.91. The third-order valence-electron chi connectivity index (χ3n) is 6.45. The van der Waals surface area contributed by atoms with E-state index in [0.717, 1.165) is 15.7 Å². The lowest BCUT2D eigenvalue weighted by Crippen LogP contribution is -2.25. The van der Waals surface area contributed by atoms with E-state index >= 15 is 0 Å². The summed E-state index contributed by atoms with van der Waals surface area (Å²) in [6, 6.07) is 26.5. The van der Waals surface area contributed by atoms with Gasteiger partial charge in [-0.05, 0) is 72.2 Å². The van der Waals surface area contributed by atoms with Gasteiger partial charge in [-0.3, -0.25) is 0 Å². The van der Waals surface area contributed by atoms with Crippen molar-refractivity contribution < 1.29 is 0 Å². The van der Waals surface area contributed by atoms with Crippen LogP contribution in [0.15, 0.2) is 82.6 Å². The summed E-state index contributed by atoms with van der Waals surface area (Å²) in [6.07, 6.45) is 6.81. The molecular formula is C26H28S2. The Kier molecular flexibility index (Phi) is 5.89. The zero-order valence-electron chi connectivity index (χ0n) is 16.4. The van der Waals surface area contributed by atoms with E-state index in [1.165, 1.54) is 54.4 Å². The standard InChI is InChI=1S/C26H28S2/c1-26(22-11-15-24(27)16-12-22,23-13-17-25(28)18-14-23)21-9-7-20(8-10-21)19-5-3-2-4-6-19/h7-19,27-28H,2-6H2,1H3. The highest BCUT2D eigenvalue weighted by Gasteiger charge is 2.31. The van der Waals surface area contributed by atoms with Crippen molar-refractivity contribution >= 4 is 25.3 Å². The van der Waals surface area contributed by atoms with Crippen LogP contribution in [0.4, 0.5) is 0 Å². The topological polar surface area (TPSA) is 0 Å². The van der Waals surface area contributed by atoms with Gasteiger partial charge in [-0.1, -0.05) is 67.8 Å². The highest BCUT2D eigenvalue weighted by molar-refractivity contribution is 7.80. The van der Waals surface area contributed by atoms with E-state index in [9.17, 15) is 0 Å². The largest absolute Gasteiger partial charge is 0.143 e. The Balaban J connectivity index is 1.76. The minimum absolute atomic E-state index is 0.214. The minimum Gasteiger partial charge on any atom is -0.143 e. The Hall–Kier alpha value is -1.64. The Bertz CT molecular complexity index is 857. The van der Waals surface area contributed by atoms with Crippen molar-refractivity contribution in [2.45, 2.75) is 60.2 Å². The summed E-state index contributed by atoms with van der Waals surface area (Å²) in [5, 5.41) is 0. The minimum atomic E-state index is -0.214. The van der Waals surface area contributed by atoms with Gasteiger partial charge in [0, 0.05) is 15.2 Å². The molecule has 1 aliphatic rings. The summed E-state index contributed by atoms with van der Waals surface area (Å²) < 4.78 is 0. The van der Waals surface area contributed by atoms with E-state index in [-0.39, 0.29) is 5.41 Å². The fourth-order valence-electron chi connectivity index (χ4n) is 4.61. The average Bonchev–Trinajstić information content (AvgIpc) is 2.75. The average molecular weight is 405 g/mol. The van der Waals surface area contributed by atoms with Gasteiger partial charge in [0.05, 0.1) is 0 Å². The summed E-state index contributed by atoms with van der Waals surface area (Å²) >= 11 is 8.95. The first-order chi connectivity index (χ1) is 13.6. The molecule has 3 aromatic rings. The Morgan fingerprint density at radius 1 is 0.607 bits per heavy atom. The molecule has 4 rings (SSSR count). The van der Waals surface area contributed by atoms with Crippen LogP contribution < -0.4 is 0 Å². The predicted octanol–water partition coefficient (Wildman–Crippen LogP) is 7.67. The number of benzene rings is 3. The predicted molar refractivity (Wildman–Crippen MR) is 125 cm³/mol. The van der Waals surface area contributed by atoms with Crippen LogP contribution in [0.2, 0.25) is 0 Å². The van der Waals surface area contributed by atoms with Gasteiger partial charge in [-0.25, -0.2) is 0 Å². The Morgan fingerprint density at radius 2 is 1.00 bits per heavy atom. The zero-order chi connectivity index (χ0) is 19.6. The lowest BCUT2D eigenvalue weighted by Gasteiger charge is -2.32. The fraction of sp³-hybridized carbons (Fsp3) is 0.308. The van der Waals surface area contributed by atoms with Gasteiger partial charge >= 0.3 is 0 Å². The van der Waals surface area contributed by atoms with Gasteiger partial charge in [0.25, 0.3) is 0 Å². The van der Waals surface area contributed by atoms with Crippen molar-refractivity contribution in [1.29, 1.82) is 0 Å². The zero-order valence-corrected chi connectivity index (χ0v) is 18.2. The maximum absolute atomic E-state index is 4.48. The van der Waals surface area contributed by atoms with E-state index in [1.807, 2.05) is 0 Å². The molecular weight excluding hydrogens is 376 g/mol. The lowest BCUT2D eigenvalue weighted by atomic mass is 9.70. The molecule has 0 N–H and O–H groups in total. The molecule has 0 atom stereocenters. The first-order valence-corrected chi connectivity index (χ1v) is 11.2. The van der Waals surface area contributed by atoms with Crippen molar-refractivity contribution in [2.24, 2.45) is 0 Å². The van der Waals surface area contributed by atoms with Gasteiger partial charge in [-0.2, -0.15) is 0 Å². The van der Waals surface area contributed by atoms with E-state index in [2.05, 4.69) is 105 Å². The van der Waals surface area contributed by atoms with Gasteiger partial charge in [0.2, 0.25) is 0 Å². The highest BCUT2D eigenvalue weighted by atomic mass is 32.1. The quantitative estimate of drug-likeness (QED) is 0.323. The van der Waals surface area contributed by atoms with Crippen LogP contribution in [0.3, 0.4) is 0 Å². The third kappa shape index (κ3) is 3.90. The van der Waals surface area contributed by atoms with Crippen LogP contribution in [-0.2, 0) is 5.41 Å². The molecule has 0 unspecified atom stereocenters. The second kappa shape index (κ2) is 8.39. The molecule has 1 aliphatic carbocycles. The van der Waals surface area contributed by atoms with Crippen LogP contribution in [0, 0.1) is 0 Å². The maximum atomic E-state index is 4.48. The van der Waals surface area contributed by atoms with E-state index < -0.39 is 0 Å². The van der Waals surface area contributed by atoms with Gasteiger partial charge in [0.15, 0.2) is 0 Å². The number of hydrogen-bond donors (Lipinski definition) is 2. The first-order valence-electron chi connectivity index (χ1n) is 10.3.